The van der Waals surface area contributed by atoms with Crippen molar-refractivity contribution in [2.24, 2.45) is 0 Å². The summed E-state index contributed by atoms with van der Waals surface area (Å²) < 4.78 is 3.62. The number of hydrogen-bond acceptors (Lipinski definition) is 2. The van der Waals surface area contributed by atoms with Crippen molar-refractivity contribution in [1.82, 2.24) is 4.90 Å². The zero-order valence-electron chi connectivity index (χ0n) is 13.7. The van der Waals surface area contributed by atoms with E-state index >= 15 is 0 Å². The first-order valence-electron chi connectivity index (χ1n) is 9.07. The first-order valence-corrected chi connectivity index (χ1v) is 9.86. The van der Waals surface area contributed by atoms with Gasteiger partial charge in [0.25, 0.3) is 5.72 Å². The molecule has 0 spiro atoms. The second-order valence-electron chi connectivity index (χ2n) is 7.27. The molecule has 1 saturated heterocycles. The van der Waals surface area contributed by atoms with E-state index in [-0.39, 0.29) is 0 Å². The number of amidine groups is 1. The highest BCUT2D eigenvalue weighted by Crippen LogP contribution is 2.37. The molecule has 2 heterocycles. The molecule has 23 heavy (non-hydrogen) atoms. The van der Waals surface area contributed by atoms with Gasteiger partial charge in [-0.25, -0.2) is 4.90 Å². The Kier molecular flexibility index (Phi) is 4.22. The van der Waals surface area contributed by atoms with E-state index in [9.17, 15) is 5.11 Å². The van der Waals surface area contributed by atoms with Gasteiger partial charge >= 0.3 is 0 Å². The highest BCUT2D eigenvalue weighted by molar-refractivity contribution is 9.10. The molecule has 124 valence electrons. The smallest absolute Gasteiger partial charge is 0.270 e. The molecule has 1 aliphatic carbocycles. The van der Waals surface area contributed by atoms with Gasteiger partial charge in [-0.15, -0.1) is 0 Å². The predicted octanol–water partition coefficient (Wildman–Crippen LogP) is 3.84. The topological polar surface area (TPSA) is 26.5 Å². The summed E-state index contributed by atoms with van der Waals surface area (Å²) in [7, 11) is 0. The first-order chi connectivity index (χ1) is 11.2. The van der Waals surface area contributed by atoms with Crippen LogP contribution in [0.5, 0.6) is 0 Å². The van der Waals surface area contributed by atoms with Gasteiger partial charge in [-0.05, 0) is 50.7 Å². The van der Waals surface area contributed by atoms with E-state index in [1.54, 1.807) is 0 Å². The highest BCUT2D eigenvalue weighted by atomic mass is 79.9. The Morgan fingerprint density at radius 3 is 2.52 bits per heavy atom. The standard InChI is InChI=1S/C19H26BrN2O/c20-16-11-9-15(10-12-16)19(23)14-21(17-6-2-1-3-7-17)18-8-4-5-13-22(18)19/h9-12,17,23H,1-8,13-14H2/q+1. The van der Waals surface area contributed by atoms with Crippen molar-refractivity contribution in [3.63, 3.8) is 0 Å². The molecule has 2 aliphatic heterocycles. The Morgan fingerprint density at radius 2 is 1.78 bits per heavy atom. The molecule has 4 rings (SSSR count). The van der Waals surface area contributed by atoms with Gasteiger partial charge in [-0.3, -0.25) is 4.58 Å². The van der Waals surface area contributed by atoms with Crippen molar-refractivity contribution in [3.8, 4) is 0 Å². The molecular formula is C19H26BrN2O+. The Hall–Kier alpha value is -0.870. The molecule has 3 aliphatic rings. The number of piperidine rings is 1. The number of benzene rings is 1. The highest BCUT2D eigenvalue weighted by Gasteiger charge is 2.54. The molecule has 0 bridgehead atoms. The van der Waals surface area contributed by atoms with Crippen LogP contribution in [-0.2, 0) is 5.72 Å². The fourth-order valence-corrected chi connectivity index (χ4v) is 4.89. The number of hydrogen-bond donors (Lipinski definition) is 1. The van der Waals surface area contributed by atoms with Gasteiger partial charge in [0.05, 0.1) is 12.6 Å². The lowest BCUT2D eigenvalue weighted by Gasteiger charge is -2.31. The summed E-state index contributed by atoms with van der Waals surface area (Å²) in [5, 5.41) is 11.6. The number of halogens is 1. The third-order valence-corrected chi connectivity index (χ3v) is 6.36. The molecule has 1 aromatic carbocycles. The minimum absolute atomic E-state index is 0.629. The predicted molar refractivity (Wildman–Crippen MR) is 95.6 cm³/mol. The average molecular weight is 378 g/mol. The van der Waals surface area contributed by atoms with E-state index in [0.29, 0.717) is 6.04 Å². The zero-order chi connectivity index (χ0) is 15.9. The number of fused-ring (bicyclic) bond motifs is 1. The summed E-state index contributed by atoms with van der Waals surface area (Å²) in [6.45, 7) is 1.71. The summed E-state index contributed by atoms with van der Waals surface area (Å²) in [5.74, 6) is 1.40. The van der Waals surface area contributed by atoms with E-state index in [1.807, 2.05) is 12.1 Å². The zero-order valence-corrected chi connectivity index (χ0v) is 15.3. The Morgan fingerprint density at radius 1 is 1.04 bits per heavy atom. The number of rotatable bonds is 2. The number of nitrogens with zero attached hydrogens (tertiary/aromatic N) is 2. The van der Waals surface area contributed by atoms with Crippen molar-refractivity contribution in [2.45, 2.75) is 63.1 Å². The molecule has 3 nitrogen and oxygen atoms in total. The molecule has 4 heteroatoms. The van der Waals surface area contributed by atoms with E-state index < -0.39 is 5.72 Å². The van der Waals surface area contributed by atoms with Gasteiger partial charge in [-0.2, -0.15) is 0 Å². The normalized spacial score (nSPS) is 29.0. The largest absolute Gasteiger partial charge is 0.346 e. The minimum Gasteiger partial charge on any atom is -0.346 e. The van der Waals surface area contributed by atoms with Crippen LogP contribution in [0.4, 0.5) is 0 Å². The van der Waals surface area contributed by atoms with Crippen molar-refractivity contribution < 1.29 is 9.68 Å². The lowest BCUT2D eigenvalue weighted by Crippen LogP contribution is -2.48. The van der Waals surface area contributed by atoms with Gasteiger partial charge < -0.3 is 5.11 Å². The monoisotopic (exact) mass is 377 g/mol. The minimum atomic E-state index is -0.853. The molecule has 0 aromatic heterocycles. The molecule has 2 fully saturated rings. The summed E-state index contributed by atoms with van der Waals surface area (Å²) in [4.78, 5) is 2.30. The molecular weight excluding hydrogens is 352 g/mol. The fraction of sp³-hybridized carbons (Fsp3) is 0.632. The van der Waals surface area contributed by atoms with Crippen molar-refractivity contribution in [2.75, 3.05) is 13.1 Å². The molecule has 1 atom stereocenters. The Bertz CT molecular complexity index is 606. The third-order valence-electron chi connectivity index (χ3n) is 5.83. The maximum atomic E-state index is 11.6. The third kappa shape index (κ3) is 2.74. The van der Waals surface area contributed by atoms with Crippen LogP contribution in [0.15, 0.2) is 28.7 Å². The summed E-state index contributed by atoms with van der Waals surface area (Å²) in [6, 6.07) is 8.85. The summed E-state index contributed by atoms with van der Waals surface area (Å²) in [6.07, 6.45) is 10.2. The lowest BCUT2D eigenvalue weighted by molar-refractivity contribution is -0.575. The Labute approximate surface area is 147 Å². The van der Waals surface area contributed by atoms with Crippen LogP contribution in [-0.4, -0.2) is 39.5 Å². The van der Waals surface area contributed by atoms with Crippen molar-refractivity contribution in [3.05, 3.63) is 34.3 Å². The molecule has 0 radical (unpaired) electrons. The van der Waals surface area contributed by atoms with Crippen molar-refractivity contribution in [1.29, 1.82) is 0 Å². The fourth-order valence-electron chi connectivity index (χ4n) is 4.62. The average Bonchev–Trinajstić information content (AvgIpc) is 2.91. The van der Waals surface area contributed by atoms with Crippen molar-refractivity contribution >= 4 is 21.8 Å². The van der Waals surface area contributed by atoms with Gasteiger partial charge in [0, 0.05) is 16.5 Å². The van der Waals surface area contributed by atoms with Crippen LogP contribution in [0.3, 0.4) is 0 Å². The molecule has 0 amide bonds. The number of aliphatic hydroxyl groups is 1. The van der Waals surface area contributed by atoms with E-state index in [0.717, 1.165) is 29.5 Å². The summed E-state index contributed by atoms with van der Waals surface area (Å²) in [5.41, 5.74) is 0.173. The van der Waals surface area contributed by atoms with Gasteiger partial charge in [-0.1, -0.05) is 34.5 Å². The first kappa shape index (κ1) is 15.6. The van der Waals surface area contributed by atoms with Crippen LogP contribution < -0.4 is 0 Å². The summed E-state index contributed by atoms with van der Waals surface area (Å²) >= 11 is 3.50. The molecule has 1 aromatic rings. The van der Waals surface area contributed by atoms with Crippen LogP contribution in [0.25, 0.3) is 0 Å². The van der Waals surface area contributed by atoms with Gasteiger partial charge in [0.15, 0.2) is 6.54 Å². The molecule has 1 N–H and O–H groups in total. The number of β-amino-alcohol motifs (C(OH)–C–C–N with tert-alkyl or cyclic N) is 1. The SMILES string of the molecule is OC1(c2ccc(Br)cc2)C[N+](C2CCCCC2)=C2CCCCN21. The van der Waals surface area contributed by atoms with E-state index in [1.165, 1.54) is 50.8 Å². The quantitative estimate of drug-likeness (QED) is 0.792. The second kappa shape index (κ2) is 6.21. The second-order valence-corrected chi connectivity index (χ2v) is 8.18. The van der Waals surface area contributed by atoms with Crippen LogP contribution in [0.2, 0.25) is 0 Å². The van der Waals surface area contributed by atoms with Crippen LogP contribution in [0.1, 0.15) is 56.9 Å². The van der Waals surface area contributed by atoms with Gasteiger partial charge in [0.1, 0.15) is 0 Å². The van der Waals surface area contributed by atoms with Crippen LogP contribution >= 0.6 is 15.9 Å². The van der Waals surface area contributed by atoms with E-state index in [2.05, 4.69) is 37.5 Å². The maximum absolute atomic E-state index is 11.6. The molecule has 1 saturated carbocycles. The van der Waals surface area contributed by atoms with Crippen LogP contribution in [0, 0.1) is 0 Å². The van der Waals surface area contributed by atoms with Gasteiger partial charge in [0.2, 0.25) is 5.84 Å². The molecule has 1 unspecified atom stereocenters. The lowest BCUT2D eigenvalue weighted by atomic mass is 9.94. The Balaban J connectivity index is 1.69. The van der Waals surface area contributed by atoms with E-state index in [4.69, 9.17) is 0 Å². The maximum Gasteiger partial charge on any atom is 0.270 e.